The normalized spacial score (nSPS) is 12.1. The minimum absolute atomic E-state index is 0.314. The molecule has 110 valence electrons. The van der Waals surface area contributed by atoms with Crippen LogP contribution in [0.1, 0.15) is 10.4 Å². The molecule has 0 aliphatic heterocycles. The van der Waals surface area contributed by atoms with E-state index in [1.807, 2.05) is 18.2 Å². The van der Waals surface area contributed by atoms with Gasteiger partial charge in [0, 0.05) is 5.56 Å². The number of aliphatic hydroxyl groups excluding tert-OH is 1. The average molecular weight is 289 g/mol. The highest BCUT2D eigenvalue weighted by molar-refractivity contribution is 6.07. The predicted octanol–water partition coefficient (Wildman–Crippen LogP) is 1.29. The summed E-state index contributed by atoms with van der Waals surface area (Å²) in [5, 5.41) is 20.4. The summed E-state index contributed by atoms with van der Waals surface area (Å²) in [5.74, 6) is -1.95. The molecule has 6 heteroatoms. The number of fused-ring (bicyclic) bond motifs is 1. The number of hydrogen-bond donors (Lipinski definition) is 2. The molecule has 0 bridgehead atoms. The van der Waals surface area contributed by atoms with Gasteiger partial charge < -0.3 is 10.2 Å². The first-order chi connectivity index (χ1) is 10.1. The Balaban J connectivity index is 2.47. The second-order valence-electron chi connectivity index (χ2n) is 4.38. The maximum absolute atomic E-state index is 12.5. The van der Waals surface area contributed by atoms with Crippen molar-refractivity contribution in [2.75, 3.05) is 13.7 Å². The van der Waals surface area contributed by atoms with Gasteiger partial charge in [0.2, 0.25) is 0 Å². The van der Waals surface area contributed by atoms with Crippen LogP contribution in [0.2, 0.25) is 0 Å². The second kappa shape index (κ2) is 6.34. The Morgan fingerprint density at radius 2 is 1.86 bits per heavy atom. The molecule has 0 fully saturated rings. The van der Waals surface area contributed by atoms with Crippen LogP contribution in [0, 0.1) is 0 Å². The summed E-state index contributed by atoms with van der Waals surface area (Å²) in [6.45, 7) is -0.736. The predicted molar refractivity (Wildman–Crippen MR) is 75.6 cm³/mol. The lowest BCUT2D eigenvalue weighted by Gasteiger charge is -2.25. The van der Waals surface area contributed by atoms with E-state index in [4.69, 9.17) is 15.1 Å². The highest BCUT2D eigenvalue weighted by atomic mass is 16.7. The molecule has 0 saturated carbocycles. The van der Waals surface area contributed by atoms with Crippen LogP contribution in [0.25, 0.3) is 10.8 Å². The first kappa shape index (κ1) is 15.0. The molecule has 21 heavy (non-hydrogen) atoms. The summed E-state index contributed by atoms with van der Waals surface area (Å²) < 4.78 is 0. The van der Waals surface area contributed by atoms with E-state index < -0.39 is 24.5 Å². The molecule has 6 nitrogen and oxygen atoms in total. The highest BCUT2D eigenvalue weighted by Gasteiger charge is 2.31. The number of hydrogen-bond acceptors (Lipinski definition) is 4. The van der Waals surface area contributed by atoms with Crippen molar-refractivity contribution in [1.29, 1.82) is 0 Å². The molecule has 0 spiro atoms. The molecule has 2 aromatic rings. The van der Waals surface area contributed by atoms with Crippen molar-refractivity contribution in [3.8, 4) is 0 Å². The zero-order valence-electron chi connectivity index (χ0n) is 11.4. The molecule has 1 unspecified atom stereocenters. The number of carbonyl (C=O) groups excluding carboxylic acids is 1. The minimum Gasteiger partial charge on any atom is -0.480 e. The van der Waals surface area contributed by atoms with E-state index in [0.717, 1.165) is 5.39 Å². The number of carboxylic acids is 1. The van der Waals surface area contributed by atoms with E-state index in [1.54, 1.807) is 24.3 Å². The lowest BCUT2D eigenvalue weighted by atomic mass is 10.0. The third-order valence-electron chi connectivity index (χ3n) is 3.16. The summed E-state index contributed by atoms with van der Waals surface area (Å²) >= 11 is 0. The van der Waals surface area contributed by atoms with Crippen molar-refractivity contribution in [1.82, 2.24) is 5.06 Å². The monoisotopic (exact) mass is 289 g/mol. The average Bonchev–Trinajstić information content (AvgIpc) is 2.50. The molecule has 2 rings (SSSR count). The fraction of sp³-hybridized carbons (Fsp3) is 0.200. The Morgan fingerprint density at radius 1 is 1.19 bits per heavy atom. The van der Waals surface area contributed by atoms with Crippen LogP contribution in [0.4, 0.5) is 0 Å². The Labute approximate surface area is 121 Å². The van der Waals surface area contributed by atoms with Gasteiger partial charge >= 0.3 is 5.97 Å². The molecule has 2 aromatic carbocycles. The van der Waals surface area contributed by atoms with Crippen LogP contribution in [0.5, 0.6) is 0 Å². The Hall–Kier alpha value is -2.44. The van der Waals surface area contributed by atoms with E-state index in [0.29, 0.717) is 16.0 Å². The Kier molecular flexibility index (Phi) is 4.52. The van der Waals surface area contributed by atoms with Crippen molar-refractivity contribution >= 4 is 22.6 Å². The largest absolute Gasteiger partial charge is 0.480 e. The van der Waals surface area contributed by atoms with Gasteiger partial charge in [-0.05, 0) is 16.8 Å². The van der Waals surface area contributed by atoms with Crippen LogP contribution in [-0.4, -0.2) is 46.9 Å². The fourth-order valence-corrected chi connectivity index (χ4v) is 2.13. The third-order valence-corrected chi connectivity index (χ3v) is 3.16. The molecule has 0 saturated heterocycles. The van der Waals surface area contributed by atoms with Crippen LogP contribution < -0.4 is 0 Å². The van der Waals surface area contributed by atoms with Gasteiger partial charge in [0.05, 0.1) is 13.7 Å². The molecular weight excluding hydrogens is 274 g/mol. The number of aliphatic carboxylic acids is 1. The SMILES string of the molecule is CON(C(=O)c1cccc2ccccc12)C(CO)C(=O)O. The maximum Gasteiger partial charge on any atom is 0.331 e. The molecule has 1 amide bonds. The van der Waals surface area contributed by atoms with Crippen LogP contribution in [-0.2, 0) is 9.63 Å². The van der Waals surface area contributed by atoms with Crippen molar-refractivity contribution in [2.24, 2.45) is 0 Å². The molecule has 0 aliphatic carbocycles. The summed E-state index contributed by atoms with van der Waals surface area (Å²) in [7, 11) is 1.19. The molecule has 1 atom stereocenters. The Morgan fingerprint density at radius 3 is 2.48 bits per heavy atom. The van der Waals surface area contributed by atoms with Gasteiger partial charge in [-0.25, -0.2) is 9.86 Å². The zero-order chi connectivity index (χ0) is 15.4. The van der Waals surface area contributed by atoms with Crippen molar-refractivity contribution in [3.05, 3.63) is 48.0 Å². The number of aliphatic hydroxyl groups is 1. The lowest BCUT2D eigenvalue weighted by molar-refractivity contribution is -0.170. The van der Waals surface area contributed by atoms with Gasteiger partial charge in [-0.15, -0.1) is 0 Å². The maximum atomic E-state index is 12.5. The quantitative estimate of drug-likeness (QED) is 0.810. The van der Waals surface area contributed by atoms with Crippen molar-refractivity contribution in [2.45, 2.75) is 6.04 Å². The summed E-state index contributed by atoms with van der Waals surface area (Å²) in [4.78, 5) is 28.5. The number of carbonyl (C=O) groups is 2. The fourth-order valence-electron chi connectivity index (χ4n) is 2.13. The van der Waals surface area contributed by atoms with Gasteiger partial charge in [0.1, 0.15) is 0 Å². The highest BCUT2D eigenvalue weighted by Crippen LogP contribution is 2.21. The van der Waals surface area contributed by atoms with E-state index in [-0.39, 0.29) is 0 Å². The summed E-state index contributed by atoms with van der Waals surface area (Å²) in [5.41, 5.74) is 0.314. The third kappa shape index (κ3) is 2.86. The number of benzene rings is 2. The van der Waals surface area contributed by atoms with Gasteiger partial charge in [0.25, 0.3) is 5.91 Å². The van der Waals surface area contributed by atoms with Gasteiger partial charge in [-0.3, -0.25) is 9.63 Å². The molecule has 0 aliphatic rings. The van der Waals surface area contributed by atoms with E-state index in [1.165, 1.54) is 7.11 Å². The number of nitrogens with zero attached hydrogens (tertiary/aromatic N) is 1. The first-order valence-electron chi connectivity index (χ1n) is 6.29. The molecule has 0 aromatic heterocycles. The van der Waals surface area contributed by atoms with Crippen LogP contribution >= 0.6 is 0 Å². The van der Waals surface area contributed by atoms with Crippen molar-refractivity contribution < 1.29 is 24.6 Å². The van der Waals surface area contributed by atoms with Gasteiger partial charge in [-0.1, -0.05) is 36.4 Å². The van der Waals surface area contributed by atoms with E-state index >= 15 is 0 Å². The van der Waals surface area contributed by atoms with E-state index in [9.17, 15) is 9.59 Å². The second-order valence-corrected chi connectivity index (χ2v) is 4.38. The topological polar surface area (TPSA) is 87.1 Å². The van der Waals surface area contributed by atoms with Gasteiger partial charge in [-0.2, -0.15) is 0 Å². The summed E-state index contributed by atoms with van der Waals surface area (Å²) in [6, 6.07) is 10.9. The number of hydroxylamine groups is 2. The van der Waals surface area contributed by atoms with E-state index in [2.05, 4.69) is 0 Å². The smallest absolute Gasteiger partial charge is 0.331 e. The standard InChI is InChI=1S/C15H15NO5/c1-21-16(13(9-17)15(19)20)14(18)12-8-4-6-10-5-2-3-7-11(10)12/h2-8,13,17H,9H2,1H3,(H,19,20). The number of rotatable bonds is 5. The molecule has 0 heterocycles. The summed E-state index contributed by atoms with van der Waals surface area (Å²) in [6.07, 6.45) is 0. The van der Waals surface area contributed by atoms with Crippen LogP contribution in [0.3, 0.4) is 0 Å². The number of carboxylic acid groups (broad SMARTS) is 1. The molecule has 0 radical (unpaired) electrons. The Bertz CT molecular complexity index is 665. The minimum atomic E-state index is -1.46. The lowest BCUT2D eigenvalue weighted by Crippen LogP contribution is -2.46. The van der Waals surface area contributed by atoms with Crippen molar-refractivity contribution in [3.63, 3.8) is 0 Å². The van der Waals surface area contributed by atoms with Gasteiger partial charge in [0.15, 0.2) is 6.04 Å². The molecular formula is C15H15NO5. The van der Waals surface area contributed by atoms with Crippen LogP contribution in [0.15, 0.2) is 42.5 Å². The molecule has 2 N–H and O–H groups in total. The first-order valence-corrected chi connectivity index (χ1v) is 6.29. The number of amides is 1. The zero-order valence-corrected chi connectivity index (χ0v) is 11.4.